The minimum absolute atomic E-state index is 0.232. The molecule has 1 N–H and O–H groups in total. The van der Waals surface area contributed by atoms with E-state index in [4.69, 9.17) is 11.6 Å². The van der Waals surface area contributed by atoms with Crippen LogP contribution in [0.4, 0.5) is 11.4 Å². The topological polar surface area (TPSA) is 45.2 Å². The lowest BCUT2D eigenvalue weighted by molar-refractivity contribution is 0.102. The first-order chi connectivity index (χ1) is 8.58. The summed E-state index contributed by atoms with van der Waals surface area (Å²) in [6, 6.07) is 5.39. The quantitative estimate of drug-likeness (QED) is 0.940. The Balaban J connectivity index is 2.16. The van der Waals surface area contributed by atoms with Crippen LogP contribution in [-0.4, -0.2) is 25.0 Å². The summed E-state index contributed by atoms with van der Waals surface area (Å²) in [4.78, 5) is 17.6. The molecular formula is C12H12ClN3OS. The largest absolute Gasteiger partial charge is 0.376 e. The van der Waals surface area contributed by atoms with Crippen molar-refractivity contribution in [3.63, 3.8) is 0 Å². The van der Waals surface area contributed by atoms with Gasteiger partial charge < -0.3 is 10.2 Å². The molecule has 0 aliphatic rings. The molecule has 2 aromatic rings. The first-order valence-electron chi connectivity index (χ1n) is 5.24. The van der Waals surface area contributed by atoms with Gasteiger partial charge in [-0.1, -0.05) is 11.6 Å². The first-order valence-corrected chi connectivity index (χ1v) is 6.56. The van der Waals surface area contributed by atoms with Gasteiger partial charge in [-0.3, -0.25) is 4.79 Å². The van der Waals surface area contributed by atoms with Crippen LogP contribution >= 0.6 is 22.9 Å². The van der Waals surface area contributed by atoms with Gasteiger partial charge in [0, 0.05) is 25.2 Å². The van der Waals surface area contributed by atoms with Crippen LogP contribution in [0.5, 0.6) is 0 Å². The number of anilines is 2. The van der Waals surface area contributed by atoms with Crippen molar-refractivity contribution >= 4 is 40.2 Å². The molecule has 1 heterocycles. The van der Waals surface area contributed by atoms with Gasteiger partial charge in [0.25, 0.3) is 5.91 Å². The van der Waals surface area contributed by atoms with E-state index in [0.29, 0.717) is 16.4 Å². The highest BCUT2D eigenvalue weighted by atomic mass is 35.5. The van der Waals surface area contributed by atoms with E-state index < -0.39 is 0 Å². The lowest BCUT2D eigenvalue weighted by Gasteiger charge is -2.15. The van der Waals surface area contributed by atoms with E-state index in [1.165, 1.54) is 11.3 Å². The van der Waals surface area contributed by atoms with Crippen LogP contribution in [0.25, 0.3) is 0 Å². The van der Waals surface area contributed by atoms with E-state index >= 15 is 0 Å². The van der Waals surface area contributed by atoms with Crippen molar-refractivity contribution < 1.29 is 4.79 Å². The van der Waals surface area contributed by atoms with Gasteiger partial charge >= 0.3 is 0 Å². The summed E-state index contributed by atoms with van der Waals surface area (Å²) in [6.07, 6.45) is 0. The Morgan fingerprint density at radius 3 is 2.78 bits per heavy atom. The average molecular weight is 282 g/mol. The number of nitrogens with one attached hydrogen (secondary N) is 1. The first kappa shape index (κ1) is 12.9. The molecule has 1 amide bonds. The molecule has 0 aliphatic carbocycles. The van der Waals surface area contributed by atoms with Gasteiger partial charge in [0.1, 0.15) is 5.69 Å². The number of hydrogen-bond donors (Lipinski definition) is 1. The van der Waals surface area contributed by atoms with Crippen LogP contribution in [0.3, 0.4) is 0 Å². The number of hydrogen-bond acceptors (Lipinski definition) is 4. The lowest BCUT2D eigenvalue weighted by Crippen LogP contribution is -2.13. The molecule has 1 aromatic heterocycles. The molecule has 0 unspecified atom stereocenters. The number of aromatic nitrogens is 1. The van der Waals surface area contributed by atoms with Gasteiger partial charge in [0.15, 0.2) is 0 Å². The smallest absolute Gasteiger partial charge is 0.275 e. The second-order valence-electron chi connectivity index (χ2n) is 3.89. The highest BCUT2D eigenvalue weighted by Gasteiger charge is 2.09. The number of amides is 1. The summed E-state index contributed by atoms with van der Waals surface area (Å²) in [7, 11) is 3.82. The zero-order valence-electron chi connectivity index (χ0n) is 9.98. The maximum absolute atomic E-state index is 11.8. The molecule has 1 aromatic carbocycles. The van der Waals surface area contributed by atoms with E-state index in [0.717, 1.165) is 5.69 Å². The van der Waals surface area contributed by atoms with Crippen molar-refractivity contribution in [3.05, 3.63) is 39.8 Å². The standard InChI is InChI=1S/C12H12ClN3OS/c1-16(2)11-4-3-8(5-9(11)13)15-12(17)10-6-18-7-14-10/h3-7H,1-2H3,(H,15,17). The highest BCUT2D eigenvalue weighted by Crippen LogP contribution is 2.27. The van der Waals surface area contributed by atoms with E-state index in [-0.39, 0.29) is 5.91 Å². The minimum Gasteiger partial charge on any atom is -0.376 e. The molecule has 0 saturated carbocycles. The Morgan fingerprint density at radius 2 is 2.22 bits per heavy atom. The molecule has 0 radical (unpaired) electrons. The van der Waals surface area contributed by atoms with Gasteiger partial charge in [-0.25, -0.2) is 4.98 Å². The van der Waals surface area contributed by atoms with Crippen molar-refractivity contribution in [3.8, 4) is 0 Å². The predicted molar refractivity (Wildman–Crippen MR) is 75.8 cm³/mol. The zero-order chi connectivity index (χ0) is 13.1. The molecule has 0 fully saturated rings. The fourth-order valence-corrected chi connectivity index (χ4v) is 2.35. The summed E-state index contributed by atoms with van der Waals surface area (Å²) >= 11 is 7.51. The van der Waals surface area contributed by atoms with E-state index in [2.05, 4.69) is 10.3 Å². The third kappa shape index (κ3) is 2.80. The second-order valence-corrected chi connectivity index (χ2v) is 5.01. The van der Waals surface area contributed by atoms with Crippen LogP contribution in [0.15, 0.2) is 29.1 Å². The summed E-state index contributed by atoms with van der Waals surface area (Å²) < 4.78 is 0. The number of halogens is 1. The Kier molecular flexibility index (Phi) is 3.84. The van der Waals surface area contributed by atoms with Crippen LogP contribution < -0.4 is 10.2 Å². The number of nitrogens with zero attached hydrogens (tertiary/aromatic N) is 2. The second kappa shape index (κ2) is 5.37. The molecule has 6 heteroatoms. The fourth-order valence-electron chi connectivity index (χ4n) is 1.47. The number of rotatable bonds is 3. The molecule has 0 spiro atoms. The third-order valence-corrected chi connectivity index (χ3v) is 3.24. The van der Waals surface area contributed by atoms with Crippen molar-refractivity contribution in [2.45, 2.75) is 0 Å². The van der Waals surface area contributed by atoms with Crippen molar-refractivity contribution in [1.82, 2.24) is 4.98 Å². The predicted octanol–water partition coefficient (Wildman–Crippen LogP) is 3.11. The van der Waals surface area contributed by atoms with Crippen LogP contribution in [-0.2, 0) is 0 Å². The Morgan fingerprint density at radius 1 is 1.44 bits per heavy atom. The Labute approximate surface area is 114 Å². The van der Waals surface area contributed by atoms with Gasteiger partial charge in [-0.05, 0) is 18.2 Å². The molecule has 0 aliphatic heterocycles. The number of thiazole rings is 1. The SMILES string of the molecule is CN(C)c1ccc(NC(=O)c2cscn2)cc1Cl. The van der Waals surface area contributed by atoms with Gasteiger partial charge in [-0.15, -0.1) is 11.3 Å². The van der Waals surface area contributed by atoms with Gasteiger partial charge in [-0.2, -0.15) is 0 Å². The summed E-state index contributed by atoms with van der Waals surface area (Å²) in [5, 5.41) is 5.05. The number of carbonyl (C=O) groups excluding carboxylic acids is 1. The van der Waals surface area contributed by atoms with Crippen LogP contribution in [0.2, 0.25) is 5.02 Å². The van der Waals surface area contributed by atoms with Crippen molar-refractivity contribution in [2.24, 2.45) is 0 Å². The van der Waals surface area contributed by atoms with E-state index in [9.17, 15) is 4.79 Å². The van der Waals surface area contributed by atoms with Crippen molar-refractivity contribution in [2.75, 3.05) is 24.3 Å². The van der Waals surface area contributed by atoms with E-state index in [1.54, 1.807) is 17.0 Å². The number of carbonyl (C=O) groups is 1. The Bertz CT molecular complexity index is 554. The highest BCUT2D eigenvalue weighted by molar-refractivity contribution is 7.07. The number of benzene rings is 1. The van der Waals surface area contributed by atoms with Crippen LogP contribution in [0.1, 0.15) is 10.5 Å². The van der Waals surface area contributed by atoms with Crippen molar-refractivity contribution in [1.29, 1.82) is 0 Å². The molecule has 2 rings (SSSR count). The fraction of sp³-hybridized carbons (Fsp3) is 0.167. The molecule has 0 saturated heterocycles. The monoisotopic (exact) mass is 281 g/mol. The maximum Gasteiger partial charge on any atom is 0.275 e. The normalized spacial score (nSPS) is 10.2. The molecular weight excluding hydrogens is 270 g/mol. The van der Waals surface area contributed by atoms with Gasteiger partial charge in [0.05, 0.1) is 16.2 Å². The molecule has 18 heavy (non-hydrogen) atoms. The summed E-state index contributed by atoms with van der Waals surface area (Å²) in [6.45, 7) is 0. The average Bonchev–Trinajstić information content (AvgIpc) is 2.81. The molecule has 4 nitrogen and oxygen atoms in total. The van der Waals surface area contributed by atoms with Gasteiger partial charge in [0.2, 0.25) is 0 Å². The summed E-state index contributed by atoms with van der Waals surface area (Å²) in [5.41, 5.74) is 3.59. The third-order valence-electron chi connectivity index (χ3n) is 2.35. The molecule has 94 valence electrons. The molecule has 0 atom stereocenters. The lowest BCUT2D eigenvalue weighted by atomic mass is 10.2. The zero-order valence-corrected chi connectivity index (χ0v) is 11.5. The maximum atomic E-state index is 11.8. The Hall–Kier alpha value is -1.59. The van der Waals surface area contributed by atoms with E-state index in [1.807, 2.05) is 31.1 Å². The minimum atomic E-state index is -0.232. The molecule has 0 bridgehead atoms. The van der Waals surface area contributed by atoms with Crippen LogP contribution in [0, 0.1) is 0 Å². The summed E-state index contributed by atoms with van der Waals surface area (Å²) in [5.74, 6) is -0.232.